The maximum Gasteiger partial charge on any atom is 0.335 e. The minimum atomic E-state index is -1.78. The number of nitrogens with one attached hydrogen (secondary N) is 1. The molecule has 0 radical (unpaired) electrons. The van der Waals surface area contributed by atoms with Gasteiger partial charge in [-0.05, 0) is 12.1 Å². The van der Waals surface area contributed by atoms with Crippen LogP contribution in [0.2, 0.25) is 0 Å². The minimum Gasteiger partial charge on any atom is -0.508 e. The molecule has 122 valence electrons. The van der Waals surface area contributed by atoms with Crippen LogP contribution >= 0.6 is 0 Å². The number of phenolic OH excluding ortho intramolecular Hbond substituents is 1. The lowest BCUT2D eigenvalue weighted by Crippen LogP contribution is -2.61. The normalized spacial score (nSPS) is 31.5. The number of carboxylic acids is 1. The van der Waals surface area contributed by atoms with Gasteiger partial charge in [-0.3, -0.25) is 0 Å². The molecule has 0 aliphatic carbocycles. The Morgan fingerprint density at radius 1 is 1.23 bits per heavy atom. The van der Waals surface area contributed by atoms with E-state index in [-0.39, 0.29) is 11.5 Å². The second-order valence-corrected chi connectivity index (χ2v) is 4.78. The van der Waals surface area contributed by atoms with Gasteiger partial charge in [0.05, 0.1) is 5.69 Å². The van der Waals surface area contributed by atoms with Crippen LogP contribution in [0.1, 0.15) is 0 Å². The third-order valence-electron chi connectivity index (χ3n) is 3.29. The Morgan fingerprint density at radius 2 is 1.91 bits per heavy atom. The van der Waals surface area contributed by atoms with Crippen LogP contribution in [0.5, 0.6) is 11.5 Å². The third-order valence-corrected chi connectivity index (χ3v) is 3.29. The van der Waals surface area contributed by atoms with Gasteiger partial charge in [-0.2, -0.15) is 0 Å². The van der Waals surface area contributed by atoms with Crippen LogP contribution in [0.3, 0.4) is 0 Å². The molecule has 0 spiro atoms. The summed E-state index contributed by atoms with van der Waals surface area (Å²) < 4.78 is 10.4. The molecule has 9 nitrogen and oxygen atoms in total. The van der Waals surface area contributed by atoms with Gasteiger partial charge in [0.1, 0.15) is 29.8 Å². The number of aliphatic hydroxyl groups excluding tert-OH is 3. The van der Waals surface area contributed by atoms with Crippen molar-refractivity contribution < 1.29 is 39.8 Å². The monoisotopic (exact) mass is 315 g/mol. The fourth-order valence-corrected chi connectivity index (χ4v) is 2.09. The average molecular weight is 315 g/mol. The van der Waals surface area contributed by atoms with Gasteiger partial charge in [0.2, 0.25) is 6.29 Å². The van der Waals surface area contributed by atoms with Crippen molar-refractivity contribution in [1.82, 2.24) is 0 Å². The molecule has 6 N–H and O–H groups in total. The van der Waals surface area contributed by atoms with Gasteiger partial charge in [0.25, 0.3) is 0 Å². The van der Waals surface area contributed by atoms with Gasteiger partial charge in [-0.25, -0.2) is 4.79 Å². The molecule has 1 aromatic rings. The average Bonchev–Trinajstić information content (AvgIpc) is 2.48. The zero-order chi connectivity index (χ0) is 16.4. The van der Waals surface area contributed by atoms with E-state index in [1.807, 2.05) is 0 Å². The summed E-state index contributed by atoms with van der Waals surface area (Å²) in [6.07, 6.45) is -8.41. The Kier molecular flexibility index (Phi) is 4.71. The number of carboxylic acid groups (broad SMARTS) is 1. The molecule has 2 rings (SSSR count). The van der Waals surface area contributed by atoms with Gasteiger partial charge in [0.15, 0.2) is 6.10 Å². The van der Waals surface area contributed by atoms with Crippen LogP contribution in [0.15, 0.2) is 18.2 Å². The SMILES string of the molecule is CNc1cc(O)ccc1O[C@@H]1O[C@H](C(=O)O)[C@@H](O)[C@H](O)[C@H]1O. The highest BCUT2D eigenvalue weighted by atomic mass is 16.7. The molecule has 0 unspecified atom stereocenters. The number of benzene rings is 1. The Hall–Kier alpha value is -2.07. The van der Waals surface area contributed by atoms with Crippen molar-refractivity contribution in [2.24, 2.45) is 0 Å². The number of hydrogen-bond donors (Lipinski definition) is 6. The molecule has 1 fully saturated rings. The fourth-order valence-electron chi connectivity index (χ4n) is 2.09. The highest BCUT2D eigenvalue weighted by molar-refractivity contribution is 5.73. The summed E-state index contributed by atoms with van der Waals surface area (Å²) in [5.41, 5.74) is 0.364. The van der Waals surface area contributed by atoms with Crippen LogP contribution in [0.4, 0.5) is 5.69 Å². The zero-order valence-electron chi connectivity index (χ0n) is 11.6. The standard InChI is InChI=1S/C13H17NO8/c1-14-6-4-5(15)2-3-7(6)21-13-10(18)8(16)9(17)11(22-13)12(19)20/h2-4,8-11,13-18H,1H3,(H,19,20)/t8-,9-,10+,11-,13+/m0/s1. The number of aliphatic hydroxyl groups is 3. The summed E-state index contributed by atoms with van der Waals surface area (Å²) in [5, 5.41) is 50.2. The number of aromatic hydroxyl groups is 1. The number of phenols is 1. The van der Waals surface area contributed by atoms with Gasteiger partial charge < -0.3 is 40.3 Å². The molecule has 0 amide bonds. The van der Waals surface area contributed by atoms with Crippen molar-refractivity contribution in [1.29, 1.82) is 0 Å². The maximum atomic E-state index is 11.0. The van der Waals surface area contributed by atoms with E-state index in [9.17, 15) is 25.2 Å². The molecule has 1 aliphatic heterocycles. The zero-order valence-corrected chi connectivity index (χ0v) is 11.6. The molecule has 0 bridgehead atoms. The number of rotatable bonds is 4. The van der Waals surface area contributed by atoms with Crippen LogP contribution in [0.25, 0.3) is 0 Å². The van der Waals surface area contributed by atoms with Crippen molar-refractivity contribution in [3.8, 4) is 11.5 Å². The summed E-state index contributed by atoms with van der Waals surface area (Å²) in [6, 6.07) is 4.06. The van der Waals surface area contributed by atoms with E-state index in [1.165, 1.54) is 18.2 Å². The summed E-state index contributed by atoms with van der Waals surface area (Å²) in [6.45, 7) is 0. The predicted octanol–water partition coefficient (Wildman–Crippen LogP) is -1.30. The lowest BCUT2D eigenvalue weighted by Gasteiger charge is -2.38. The smallest absolute Gasteiger partial charge is 0.335 e. The first-order valence-corrected chi connectivity index (χ1v) is 6.45. The van der Waals surface area contributed by atoms with E-state index in [4.69, 9.17) is 14.6 Å². The van der Waals surface area contributed by atoms with Crippen LogP contribution in [0, 0.1) is 0 Å². The fraction of sp³-hybridized carbons (Fsp3) is 0.462. The molecule has 5 atom stereocenters. The largest absolute Gasteiger partial charge is 0.508 e. The second kappa shape index (κ2) is 6.36. The van der Waals surface area contributed by atoms with Crippen molar-refractivity contribution in [3.05, 3.63) is 18.2 Å². The summed E-state index contributed by atoms with van der Waals surface area (Å²) in [5.74, 6) is -1.36. The van der Waals surface area contributed by atoms with Crippen molar-refractivity contribution in [2.75, 3.05) is 12.4 Å². The van der Waals surface area contributed by atoms with E-state index in [0.29, 0.717) is 5.69 Å². The molecule has 1 heterocycles. The third kappa shape index (κ3) is 3.07. The molecule has 22 heavy (non-hydrogen) atoms. The molecule has 1 aliphatic rings. The molecular weight excluding hydrogens is 298 g/mol. The highest BCUT2D eigenvalue weighted by Gasteiger charge is 2.48. The number of aliphatic carboxylic acids is 1. The molecule has 0 aromatic heterocycles. The summed E-state index contributed by atoms with van der Waals surface area (Å²) in [7, 11) is 1.57. The lowest BCUT2D eigenvalue weighted by atomic mass is 9.99. The molecular formula is C13H17NO8. The first-order valence-electron chi connectivity index (χ1n) is 6.45. The van der Waals surface area contributed by atoms with Crippen LogP contribution in [-0.4, -0.2) is 69.3 Å². The Labute approximate surface area is 125 Å². The second-order valence-electron chi connectivity index (χ2n) is 4.78. The van der Waals surface area contributed by atoms with E-state index < -0.39 is 36.7 Å². The van der Waals surface area contributed by atoms with Crippen molar-refractivity contribution >= 4 is 11.7 Å². The maximum absolute atomic E-state index is 11.0. The molecule has 1 saturated heterocycles. The first kappa shape index (κ1) is 16.3. The van der Waals surface area contributed by atoms with Gasteiger partial charge >= 0.3 is 5.97 Å². The number of hydrogen-bond acceptors (Lipinski definition) is 8. The lowest BCUT2D eigenvalue weighted by molar-refractivity contribution is -0.271. The Morgan fingerprint density at radius 3 is 2.50 bits per heavy atom. The number of ether oxygens (including phenoxy) is 2. The molecule has 9 heteroatoms. The molecule has 0 saturated carbocycles. The predicted molar refractivity (Wildman–Crippen MR) is 72.6 cm³/mol. The Balaban J connectivity index is 2.22. The van der Waals surface area contributed by atoms with Gasteiger partial charge in [0, 0.05) is 13.1 Å². The number of carbonyl (C=O) groups is 1. The van der Waals surface area contributed by atoms with E-state index in [1.54, 1.807) is 7.05 Å². The summed E-state index contributed by atoms with van der Waals surface area (Å²) >= 11 is 0. The highest BCUT2D eigenvalue weighted by Crippen LogP contribution is 2.31. The van der Waals surface area contributed by atoms with E-state index in [2.05, 4.69) is 5.32 Å². The minimum absolute atomic E-state index is 0.0271. The quantitative estimate of drug-likeness (QED) is 0.399. The van der Waals surface area contributed by atoms with Crippen LogP contribution in [-0.2, 0) is 9.53 Å². The van der Waals surface area contributed by atoms with Crippen LogP contribution < -0.4 is 10.1 Å². The van der Waals surface area contributed by atoms with Gasteiger partial charge in [-0.15, -0.1) is 0 Å². The first-order chi connectivity index (χ1) is 10.3. The summed E-state index contributed by atoms with van der Waals surface area (Å²) in [4.78, 5) is 11.0. The number of anilines is 1. The Bertz CT molecular complexity index is 551. The van der Waals surface area contributed by atoms with Crippen molar-refractivity contribution in [2.45, 2.75) is 30.7 Å². The van der Waals surface area contributed by atoms with E-state index >= 15 is 0 Å². The van der Waals surface area contributed by atoms with E-state index in [0.717, 1.165) is 0 Å². The topological polar surface area (TPSA) is 149 Å². The van der Waals surface area contributed by atoms with Gasteiger partial charge in [-0.1, -0.05) is 0 Å². The van der Waals surface area contributed by atoms with Crippen molar-refractivity contribution in [3.63, 3.8) is 0 Å². The molecule has 1 aromatic carbocycles.